The van der Waals surface area contributed by atoms with Crippen molar-refractivity contribution < 1.29 is 22.7 Å². The number of amides is 1. The van der Waals surface area contributed by atoms with E-state index in [1.165, 1.54) is 17.9 Å². The van der Waals surface area contributed by atoms with E-state index in [0.717, 1.165) is 33.6 Å². The van der Waals surface area contributed by atoms with E-state index in [0.29, 0.717) is 54.9 Å². The van der Waals surface area contributed by atoms with Crippen molar-refractivity contribution in [3.8, 4) is 16.9 Å². The number of rotatable bonds is 5. The number of imidazole rings is 1. The van der Waals surface area contributed by atoms with Crippen LogP contribution in [0.25, 0.3) is 11.1 Å². The third-order valence-corrected chi connectivity index (χ3v) is 7.77. The van der Waals surface area contributed by atoms with Gasteiger partial charge in [0.25, 0.3) is 5.91 Å². The number of carbonyl (C=O) groups excluding carboxylic acids is 1. The molecule has 0 N–H and O–H groups in total. The fourth-order valence-electron chi connectivity index (χ4n) is 5.52. The molecule has 2 aromatic heterocycles. The van der Waals surface area contributed by atoms with Gasteiger partial charge in [-0.3, -0.25) is 9.48 Å². The first-order valence-corrected chi connectivity index (χ1v) is 13.4. The maximum atomic E-state index is 14.0. The lowest BCUT2D eigenvalue weighted by Gasteiger charge is -2.31. The van der Waals surface area contributed by atoms with Gasteiger partial charge < -0.3 is 14.2 Å². The molecule has 1 amide bonds. The van der Waals surface area contributed by atoms with E-state index in [-0.39, 0.29) is 11.5 Å². The summed E-state index contributed by atoms with van der Waals surface area (Å²) in [5.41, 5.74) is 3.15. The number of benzene rings is 2. The largest absolute Gasteiger partial charge is 0.493 e. The van der Waals surface area contributed by atoms with Crippen molar-refractivity contribution in [3.05, 3.63) is 86.7 Å². The molecule has 4 aromatic rings. The first kappa shape index (κ1) is 25.7. The van der Waals surface area contributed by atoms with Gasteiger partial charge in [0.2, 0.25) is 0 Å². The topological polar surface area (TPSA) is 65.2 Å². The van der Waals surface area contributed by atoms with Crippen LogP contribution in [0.3, 0.4) is 0 Å². The summed E-state index contributed by atoms with van der Waals surface area (Å²) < 4.78 is 51.8. The Labute approximate surface area is 231 Å². The molecule has 0 saturated heterocycles. The summed E-state index contributed by atoms with van der Waals surface area (Å²) in [6.45, 7) is 3.55. The van der Waals surface area contributed by atoms with Crippen LogP contribution in [0.5, 0.6) is 5.75 Å². The standard InChI is InChI=1S/C28H25BrF3N5O2/c1-16-33-5-7-36(16)13-17-9-22(24-15-35(2)34-26(24)28(30,31)32)21-3-6-37(27(38)23(21)10-17)14-19-12-20(29)11-18-4-8-39-25(18)19/h5,7,9-12,15H,3-4,6,8,13-14H2,1-2H3. The SMILES string of the molecule is Cc1nccn1Cc1cc2c(c(-c3cn(C)nc3C(F)(F)F)c1)CCN(Cc1cc(Br)cc3c1OCC3)C2=O. The van der Waals surface area contributed by atoms with E-state index in [2.05, 4.69) is 26.0 Å². The first-order valence-electron chi connectivity index (χ1n) is 12.6. The molecule has 0 radical (unpaired) electrons. The van der Waals surface area contributed by atoms with Gasteiger partial charge in [-0.05, 0) is 59.9 Å². The summed E-state index contributed by atoms with van der Waals surface area (Å²) in [5.74, 6) is 1.36. The van der Waals surface area contributed by atoms with Gasteiger partial charge in [0, 0.05) is 72.9 Å². The maximum absolute atomic E-state index is 14.0. The predicted molar refractivity (Wildman–Crippen MR) is 141 cm³/mol. The van der Waals surface area contributed by atoms with Gasteiger partial charge in [-0.1, -0.05) is 15.9 Å². The van der Waals surface area contributed by atoms with Crippen LogP contribution in [0, 0.1) is 6.92 Å². The van der Waals surface area contributed by atoms with Crippen molar-refractivity contribution in [2.24, 2.45) is 7.05 Å². The van der Waals surface area contributed by atoms with Gasteiger partial charge in [0.1, 0.15) is 11.6 Å². The second-order valence-electron chi connectivity index (χ2n) is 9.96. The van der Waals surface area contributed by atoms with E-state index in [9.17, 15) is 18.0 Å². The minimum absolute atomic E-state index is 0.0232. The quantitative estimate of drug-likeness (QED) is 0.301. The van der Waals surface area contributed by atoms with Gasteiger partial charge >= 0.3 is 6.18 Å². The smallest absolute Gasteiger partial charge is 0.435 e. The molecule has 39 heavy (non-hydrogen) atoms. The van der Waals surface area contributed by atoms with Crippen molar-refractivity contribution in [3.63, 3.8) is 0 Å². The molecular weight excluding hydrogens is 575 g/mol. The molecule has 2 aromatic carbocycles. The monoisotopic (exact) mass is 599 g/mol. The lowest BCUT2D eigenvalue weighted by atomic mass is 9.88. The summed E-state index contributed by atoms with van der Waals surface area (Å²) in [5, 5.41) is 3.72. The Balaban J connectivity index is 1.44. The third kappa shape index (κ3) is 4.73. The molecule has 0 saturated carbocycles. The van der Waals surface area contributed by atoms with E-state index in [4.69, 9.17) is 4.74 Å². The molecule has 2 aliphatic rings. The lowest BCUT2D eigenvalue weighted by molar-refractivity contribution is -0.140. The molecule has 2 aliphatic heterocycles. The number of ether oxygens (including phenoxy) is 1. The Kier molecular flexibility index (Phi) is 6.28. The zero-order valence-electron chi connectivity index (χ0n) is 21.3. The Bertz CT molecular complexity index is 1610. The molecule has 4 heterocycles. The maximum Gasteiger partial charge on any atom is 0.435 e. The molecule has 0 spiro atoms. The highest BCUT2D eigenvalue weighted by Gasteiger charge is 2.39. The van der Waals surface area contributed by atoms with Crippen LogP contribution < -0.4 is 4.74 Å². The van der Waals surface area contributed by atoms with Crippen molar-refractivity contribution in [1.29, 1.82) is 0 Å². The van der Waals surface area contributed by atoms with Crippen molar-refractivity contribution in [2.45, 2.75) is 39.0 Å². The average molecular weight is 600 g/mol. The number of alkyl halides is 3. The molecule has 0 fully saturated rings. The number of hydrogen-bond donors (Lipinski definition) is 0. The highest BCUT2D eigenvalue weighted by Crippen LogP contribution is 2.41. The van der Waals surface area contributed by atoms with E-state index < -0.39 is 11.9 Å². The third-order valence-electron chi connectivity index (χ3n) is 7.31. The fourth-order valence-corrected chi connectivity index (χ4v) is 6.08. The Hall–Kier alpha value is -3.60. The minimum Gasteiger partial charge on any atom is -0.493 e. The number of hydrogen-bond acceptors (Lipinski definition) is 4. The van der Waals surface area contributed by atoms with E-state index in [1.54, 1.807) is 23.2 Å². The highest BCUT2D eigenvalue weighted by atomic mass is 79.9. The van der Waals surface area contributed by atoms with Gasteiger partial charge in [-0.25, -0.2) is 4.98 Å². The first-order chi connectivity index (χ1) is 18.6. The minimum atomic E-state index is -4.63. The van der Waals surface area contributed by atoms with Crippen molar-refractivity contribution in [1.82, 2.24) is 24.2 Å². The molecule has 0 atom stereocenters. The van der Waals surface area contributed by atoms with Crippen LogP contribution in [0.2, 0.25) is 0 Å². The number of nitrogens with zero attached hydrogens (tertiary/aromatic N) is 5. The van der Waals surface area contributed by atoms with Crippen LogP contribution in [-0.2, 0) is 39.2 Å². The van der Waals surface area contributed by atoms with E-state index in [1.807, 2.05) is 29.8 Å². The Morgan fingerprint density at radius 1 is 1.08 bits per heavy atom. The molecule has 202 valence electrons. The summed E-state index contributed by atoms with van der Waals surface area (Å²) in [4.78, 5) is 19.9. The zero-order chi connectivity index (χ0) is 27.5. The van der Waals surface area contributed by atoms with E-state index >= 15 is 0 Å². The van der Waals surface area contributed by atoms with Gasteiger partial charge in [0.05, 0.1) is 6.61 Å². The molecule has 7 nitrogen and oxygen atoms in total. The van der Waals surface area contributed by atoms with Crippen LogP contribution in [0.4, 0.5) is 13.2 Å². The fraction of sp³-hybridized carbons (Fsp3) is 0.321. The number of aryl methyl sites for hydroxylation is 2. The summed E-state index contributed by atoms with van der Waals surface area (Å²) in [6, 6.07) is 7.55. The normalized spacial score (nSPS) is 14.9. The average Bonchev–Trinajstić information content (AvgIpc) is 3.60. The zero-order valence-corrected chi connectivity index (χ0v) is 22.9. The van der Waals surface area contributed by atoms with Crippen LogP contribution in [0.15, 0.2) is 47.3 Å². The number of aromatic nitrogens is 4. The summed E-state index contributed by atoms with van der Waals surface area (Å²) in [6.07, 6.45) is 1.45. The number of halogens is 4. The molecule has 0 bridgehead atoms. The highest BCUT2D eigenvalue weighted by molar-refractivity contribution is 9.10. The Morgan fingerprint density at radius 3 is 2.62 bits per heavy atom. The molecule has 11 heteroatoms. The Morgan fingerprint density at radius 2 is 1.87 bits per heavy atom. The number of carbonyl (C=O) groups is 1. The molecular formula is C28H25BrF3N5O2. The van der Waals surface area contributed by atoms with Gasteiger partial charge in [-0.15, -0.1) is 0 Å². The van der Waals surface area contributed by atoms with Crippen molar-refractivity contribution >= 4 is 21.8 Å². The van der Waals surface area contributed by atoms with Crippen molar-refractivity contribution in [2.75, 3.05) is 13.2 Å². The van der Waals surface area contributed by atoms with Crippen LogP contribution >= 0.6 is 15.9 Å². The molecule has 6 rings (SSSR count). The second kappa shape index (κ2) is 9.55. The second-order valence-corrected chi connectivity index (χ2v) is 10.9. The number of fused-ring (bicyclic) bond motifs is 2. The molecule has 0 unspecified atom stereocenters. The summed E-state index contributed by atoms with van der Waals surface area (Å²) in [7, 11) is 1.47. The summed E-state index contributed by atoms with van der Waals surface area (Å²) >= 11 is 3.56. The lowest BCUT2D eigenvalue weighted by Crippen LogP contribution is -2.37. The molecule has 0 aliphatic carbocycles. The van der Waals surface area contributed by atoms with Crippen LogP contribution in [-0.4, -0.2) is 43.3 Å². The van der Waals surface area contributed by atoms with Gasteiger partial charge in [-0.2, -0.15) is 18.3 Å². The van der Waals surface area contributed by atoms with Gasteiger partial charge in [0.15, 0.2) is 5.69 Å². The van der Waals surface area contributed by atoms with Crippen LogP contribution in [0.1, 0.15) is 44.1 Å². The predicted octanol–water partition coefficient (Wildman–Crippen LogP) is 5.56.